The summed E-state index contributed by atoms with van der Waals surface area (Å²) in [6, 6.07) is 9.96. The second kappa shape index (κ2) is 6.25. The molecule has 0 saturated carbocycles. The Morgan fingerprint density at radius 1 is 1.25 bits per heavy atom. The molecule has 4 heteroatoms. The Bertz CT molecular complexity index is 546. The molecule has 0 unspecified atom stereocenters. The van der Waals surface area contributed by atoms with E-state index < -0.39 is 0 Å². The molecule has 1 aromatic rings. The minimum absolute atomic E-state index is 0.156. The van der Waals surface area contributed by atoms with E-state index in [-0.39, 0.29) is 11.5 Å². The van der Waals surface area contributed by atoms with Gasteiger partial charge in [-0.05, 0) is 36.6 Å². The van der Waals surface area contributed by atoms with Crippen LogP contribution in [0.1, 0.15) is 18.4 Å². The third-order valence-electron chi connectivity index (χ3n) is 3.43. The fourth-order valence-corrected chi connectivity index (χ4v) is 2.31. The summed E-state index contributed by atoms with van der Waals surface area (Å²) < 4.78 is 0. The SMILES string of the molecule is CN(C)C(=O)/C(C#N)=C/c1ccc(N2CCCC2)cc1. The molecule has 0 aromatic heterocycles. The molecule has 0 aliphatic carbocycles. The Kier molecular flexibility index (Phi) is 4.41. The van der Waals surface area contributed by atoms with E-state index >= 15 is 0 Å². The minimum Gasteiger partial charge on any atom is -0.372 e. The summed E-state index contributed by atoms with van der Waals surface area (Å²) in [4.78, 5) is 15.5. The van der Waals surface area contributed by atoms with Crippen molar-refractivity contribution in [3.05, 3.63) is 35.4 Å². The topological polar surface area (TPSA) is 47.3 Å². The Labute approximate surface area is 119 Å². The van der Waals surface area contributed by atoms with Gasteiger partial charge in [-0.3, -0.25) is 4.79 Å². The molecule has 0 radical (unpaired) electrons. The first-order valence-electron chi connectivity index (χ1n) is 6.80. The lowest BCUT2D eigenvalue weighted by Gasteiger charge is -2.17. The lowest BCUT2D eigenvalue weighted by Crippen LogP contribution is -2.22. The monoisotopic (exact) mass is 269 g/mol. The maximum absolute atomic E-state index is 11.8. The lowest BCUT2D eigenvalue weighted by molar-refractivity contribution is -0.124. The van der Waals surface area contributed by atoms with Gasteiger partial charge in [0.2, 0.25) is 0 Å². The average Bonchev–Trinajstić information content (AvgIpc) is 2.98. The zero-order valence-corrected chi connectivity index (χ0v) is 12.0. The second-order valence-corrected chi connectivity index (χ2v) is 5.16. The second-order valence-electron chi connectivity index (χ2n) is 5.16. The third-order valence-corrected chi connectivity index (χ3v) is 3.43. The Morgan fingerprint density at radius 3 is 2.35 bits per heavy atom. The smallest absolute Gasteiger partial charge is 0.264 e. The number of carbonyl (C=O) groups is 1. The van der Waals surface area contributed by atoms with Crippen LogP contribution in [0.4, 0.5) is 5.69 Å². The summed E-state index contributed by atoms with van der Waals surface area (Å²) in [5.41, 5.74) is 2.24. The van der Waals surface area contributed by atoms with Gasteiger partial charge in [-0.15, -0.1) is 0 Å². The van der Waals surface area contributed by atoms with Crippen LogP contribution in [-0.4, -0.2) is 38.0 Å². The van der Waals surface area contributed by atoms with Gasteiger partial charge < -0.3 is 9.80 Å². The molecule has 1 fully saturated rings. The van der Waals surface area contributed by atoms with Crippen molar-refractivity contribution in [2.24, 2.45) is 0 Å². The van der Waals surface area contributed by atoms with Gasteiger partial charge in [0.15, 0.2) is 0 Å². The van der Waals surface area contributed by atoms with Gasteiger partial charge in [-0.2, -0.15) is 5.26 Å². The summed E-state index contributed by atoms with van der Waals surface area (Å²) in [7, 11) is 3.29. The molecule has 1 aromatic carbocycles. The van der Waals surface area contributed by atoms with E-state index in [9.17, 15) is 4.79 Å². The van der Waals surface area contributed by atoms with E-state index in [2.05, 4.69) is 4.90 Å². The lowest BCUT2D eigenvalue weighted by atomic mass is 10.1. The molecule has 0 atom stereocenters. The van der Waals surface area contributed by atoms with Gasteiger partial charge in [0.1, 0.15) is 11.6 Å². The molecule has 1 saturated heterocycles. The molecule has 20 heavy (non-hydrogen) atoms. The van der Waals surface area contributed by atoms with Gasteiger partial charge in [-0.1, -0.05) is 12.1 Å². The van der Waals surface area contributed by atoms with E-state index in [1.54, 1.807) is 20.2 Å². The predicted octanol–water partition coefficient (Wildman–Crippen LogP) is 2.28. The summed E-state index contributed by atoms with van der Waals surface area (Å²) >= 11 is 0. The number of benzene rings is 1. The highest BCUT2D eigenvalue weighted by atomic mass is 16.2. The third kappa shape index (κ3) is 3.18. The van der Waals surface area contributed by atoms with Crippen molar-refractivity contribution in [1.82, 2.24) is 4.90 Å². The molecule has 1 aliphatic heterocycles. The largest absolute Gasteiger partial charge is 0.372 e. The van der Waals surface area contributed by atoms with Crippen LogP contribution in [0.15, 0.2) is 29.8 Å². The Hall–Kier alpha value is -2.28. The standard InChI is InChI=1S/C16H19N3O/c1-18(2)16(20)14(12-17)11-13-5-7-15(8-6-13)19-9-3-4-10-19/h5-8,11H,3-4,9-10H2,1-2H3/b14-11+. The molecule has 0 spiro atoms. The molecular weight excluding hydrogens is 250 g/mol. The number of carbonyl (C=O) groups excluding carboxylic acids is 1. The van der Waals surface area contributed by atoms with E-state index in [1.165, 1.54) is 23.4 Å². The number of anilines is 1. The number of hydrogen-bond acceptors (Lipinski definition) is 3. The highest BCUT2D eigenvalue weighted by molar-refractivity contribution is 6.01. The molecule has 2 rings (SSSR count). The van der Waals surface area contributed by atoms with Crippen molar-refractivity contribution in [3.63, 3.8) is 0 Å². The van der Waals surface area contributed by atoms with Crippen LogP contribution in [0, 0.1) is 11.3 Å². The van der Waals surface area contributed by atoms with Gasteiger partial charge in [0, 0.05) is 32.9 Å². The van der Waals surface area contributed by atoms with Crippen LogP contribution in [0.2, 0.25) is 0 Å². The summed E-state index contributed by atoms with van der Waals surface area (Å²) in [6.07, 6.45) is 4.13. The molecule has 1 heterocycles. The molecule has 104 valence electrons. The Morgan fingerprint density at radius 2 is 1.85 bits per heavy atom. The average molecular weight is 269 g/mol. The predicted molar refractivity (Wildman–Crippen MR) is 80.2 cm³/mol. The van der Waals surface area contributed by atoms with Crippen molar-refractivity contribution in [2.75, 3.05) is 32.1 Å². The zero-order valence-electron chi connectivity index (χ0n) is 12.0. The van der Waals surface area contributed by atoms with Crippen LogP contribution in [0.5, 0.6) is 0 Å². The van der Waals surface area contributed by atoms with Crippen LogP contribution in [-0.2, 0) is 4.79 Å². The highest BCUT2D eigenvalue weighted by Gasteiger charge is 2.13. The number of hydrogen-bond donors (Lipinski definition) is 0. The number of likely N-dealkylation sites (N-methyl/N-ethyl adjacent to an activating group) is 1. The molecule has 1 aliphatic rings. The van der Waals surface area contributed by atoms with Crippen molar-refractivity contribution in [3.8, 4) is 6.07 Å². The maximum Gasteiger partial charge on any atom is 0.264 e. The van der Waals surface area contributed by atoms with E-state index in [0.29, 0.717) is 0 Å². The van der Waals surface area contributed by atoms with Gasteiger partial charge in [0.25, 0.3) is 5.91 Å². The zero-order chi connectivity index (χ0) is 14.5. The number of rotatable bonds is 3. The first-order valence-corrected chi connectivity index (χ1v) is 6.80. The van der Waals surface area contributed by atoms with Crippen molar-refractivity contribution < 1.29 is 4.79 Å². The first-order chi connectivity index (χ1) is 9.61. The van der Waals surface area contributed by atoms with Gasteiger partial charge in [0.05, 0.1) is 0 Å². The summed E-state index contributed by atoms with van der Waals surface area (Å²) in [5.74, 6) is -0.267. The van der Waals surface area contributed by atoms with Crippen LogP contribution < -0.4 is 4.90 Å². The fourth-order valence-electron chi connectivity index (χ4n) is 2.31. The first kappa shape index (κ1) is 14.1. The normalized spacial score (nSPS) is 15.1. The van der Waals surface area contributed by atoms with E-state index in [4.69, 9.17) is 5.26 Å². The fraction of sp³-hybridized carbons (Fsp3) is 0.375. The molecular formula is C16H19N3O. The highest BCUT2D eigenvalue weighted by Crippen LogP contribution is 2.21. The van der Waals surface area contributed by atoms with Crippen LogP contribution in [0.3, 0.4) is 0 Å². The maximum atomic E-state index is 11.8. The minimum atomic E-state index is -0.267. The molecule has 0 N–H and O–H groups in total. The number of amides is 1. The molecule has 0 bridgehead atoms. The van der Waals surface area contributed by atoms with E-state index in [0.717, 1.165) is 18.7 Å². The van der Waals surface area contributed by atoms with Crippen molar-refractivity contribution >= 4 is 17.7 Å². The molecule has 1 amide bonds. The summed E-state index contributed by atoms with van der Waals surface area (Å²) in [5, 5.41) is 9.06. The number of nitrogens with zero attached hydrogens (tertiary/aromatic N) is 3. The van der Waals surface area contributed by atoms with Crippen molar-refractivity contribution in [1.29, 1.82) is 5.26 Å². The van der Waals surface area contributed by atoms with Crippen LogP contribution >= 0.6 is 0 Å². The van der Waals surface area contributed by atoms with Crippen molar-refractivity contribution in [2.45, 2.75) is 12.8 Å². The Balaban J connectivity index is 2.17. The number of nitriles is 1. The van der Waals surface area contributed by atoms with Crippen LogP contribution in [0.25, 0.3) is 6.08 Å². The molecule has 4 nitrogen and oxygen atoms in total. The van der Waals surface area contributed by atoms with Gasteiger partial charge >= 0.3 is 0 Å². The summed E-state index contributed by atoms with van der Waals surface area (Å²) in [6.45, 7) is 2.22. The quantitative estimate of drug-likeness (QED) is 0.625. The van der Waals surface area contributed by atoms with Gasteiger partial charge in [-0.25, -0.2) is 0 Å². The van der Waals surface area contributed by atoms with E-state index in [1.807, 2.05) is 30.3 Å².